The van der Waals surface area contributed by atoms with Crippen LogP contribution in [0.5, 0.6) is 0 Å². The number of aromatic nitrogens is 5. The molecule has 7 nitrogen and oxygen atoms in total. The first-order valence-corrected chi connectivity index (χ1v) is 8.55. The second kappa shape index (κ2) is 7.31. The maximum absolute atomic E-state index is 12.1. The van der Waals surface area contributed by atoms with Crippen LogP contribution in [0, 0.1) is 0 Å². The second-order valence-electron chi connectivity index (χ2n) is 5.40. The minimum Gasteiger partial charge on any atom is -0.310 e. The van der Waals surface area contributed by atoms with Crippen molar-refractivity contribution in [1.29, 1.82) is 0 Å². The lowest BCUT2D eigenvalue weighted by atomic mass is 10.3. The summed E-state index contributed by atoms with van der Waals surface area (Å²) in [6.45, 7) is 4.02. The molecule has 0 spiro atoms. The van der Waals surface area contributed by atoms with Crippen molar-refractivity contribution in [2.24, 2.45) is 0 Å². The summed E-state index contributed by atoms with van der Waals surface area (Å²) < 4.78 is 3.46. The van der Waals surface area contributed by atoms with Gasteiger partial charge in [-0.25, -0.2) is 14.3 Å². The largest absolute Gasteiger partial charge is 0.310 e. The minimum absolute atomic E-state index is 0.113. The van der Waals surface area contributed by atoms with Crippen LogP contribution in [0.1, 0.15) is 19.9 Å². The van der Waals surface area contributed by atoms with Gasteiger partial charge in [-0.1, -0.05) is 30.0 Å². The predicted octanol–water partition coefficient (Wildman–Crippen LogP) is 2.78. The normalized spacial score (nSPS) is 11.0. The topological polar surface area (TPSA) is 77.6 Å². The third-order valence-electron chi connectivity index (χ3n) is 3.25. The Labute approximate surface area is 144 Å². The Kier molecular flexibility index (Phi) is 4.95. The third kappa shape index (κ3) is 3.83. The summed E-state index contributed by atoms with van der Waals surface area (Å²) in [4.78, 5) is 16.3. The highest BCUT2D eigenvalue weighted by Crippen LogP contribution is 2.16. The van der Waals surface area contributed by atoms with E-state index in [1.165, 1.54) is 11.8 Å². The molecule has 0 aliphatic rings. The quantitative estimate of drug-likeness (QED) is 0.697. The second-order valence-corrected chi connectivity index (χ2v) is 6.34. The van der Waals surface area contributed by atoms with Crippen molar-refractivity contribution in [1.82, 2.24) is 24.5 Å². The summed E-state index contributed by atoms with van der Waals surface area (Å²) in [5.41, 5.74) is 0.933. The molecule has 0 fully saturated rings. The molecule has 3 aromatic rings. The molecule has 0 aliphatic carbocycles. The Morgan fingerprint density at radius 1 is 1.25 bits per heavy atom. The molecule has 124 valence electrons. The number of amides is 1. The molecule has 24 heavy (non-hydrogen) atoms. The number of anilines is 1. The van der Waals surface area contributed by atoms with E-state index in [9.17, 15) is 4.79 Å². The fourth-order valence-corrected chi connectivity index (χ4v) is 2.75. The first kappa shape index (κ1) is 16.3. The van der Waals surface area contributed by atoms with Gasteiger partial charge in [0.05, 0.1) is 17.6 Å². The third-order valence-corrected chi connectivity index (χ3v) is 4.10. The van der Waals surface area contributed by atoms with E-state index in [0.717, 1.165) is 5.69 Å². The van der Waals surface area contributed by atoms with Gasteiger partial charge in [-0.2, -0.15) is 5.10 Å². The number of carbonyl (C=O) groups is 1. The maximum Gasteiger partial charge on any atom is 0.235 e. The average molecular weight is 342 g/mol. The van der Waals surface area contributed by atoms with Crippen LogP contribution in [-0.2, 0) is 4.79 Å². The average Bonchev–Trinajstić information content (AvgIpc) is 3.23. The van der Waals surface area contributed by atoms with Crippen molar-refractivity contribution >= 4 is 23.5 Å². The predicted molar refractivity (Wildman–Crippen MR) is 93.3 cm³/mol. The Bertz CT molecular complexity index is 811. The number of hydrogen-bond donors (Lipinski definition) is 1. The first-order valence-electron chi connectivity index (χ1n) is 7.57. The number of nitrogens with zero attached hydrogens (tertiary/aromatic N) is 5. The van der Waals surface area contributed by atoms with Gasteiger partial charge in [-0.3, -0.25) is 4.79 Å². The number of hydrogen-bond acceptors (Lipinski definition) is 5. The van der Waals surface area contributed by atoms with E-state index in [0.29, 0.717) is 11.0 Å². The summed E-state index contributed by atoms with van der Waals surface area (Å²) in [5, 5.41) is 12.0. The fourth-order valence-electron chi connectivity index (χ4n) is 2.15. The van der Waals surface area contributed by atoms with Crippen molar-refractivity contribution in [3.05, 3.63) is 48.9 Å². The molecule has 1 N–H and O–H groups in total. The van der Waals surface area contributed by atoms with Crippen molar-refractivity contribution < 1.29 is 4.79 Å². The maximum atomic E-state index is 12.1. The van der Waals surface area contributed by atoms with E-state index in [1.54, 1.807) is 28.0 Å². The molecule has 0 radical (unpaired) electrons. The van der Waals surface area contributed by atoms with E-state index in [4.69, 9.17) is 0 Å². The van der Waals surface area contributed by atoms with Crippen LogP contribution in [0.25, 0.3) is 5.69 Å². The summed E-state index contributed by atoms with van der Waals surface area (Å²) in [6, 6.07) is 11.7. The van der Waals surface area contributed by atoms with Crippen LogP contribution in [0.3, 0.4) is 0 Å². The molecule has 3 rings (SSSR count). The van der Waals surface area contributed by atoms with Gasteiger partial charge in [-0.05, 0) is 26.0 Å². The SMILES string of the molecule is CC(C)n1nccc1NC(=O)CSc1ncn(-c2ccccc2)n1. The van der Waals surface area contributed by atoms with E-state index in [2.05, 4.69) is 20.5 Å². The Balaban J connectivity index is 1.57. The smallest absolute Gasteiger partial charge is 0.235 e. The van der Waals surface area contributed by atoms with Crippen LogP contribution in [0.2, 0.25) is 0 Å². The van der Waals surface area contributed by atoms with Crippen molar-refractivity contribution in [3.63, 3.8) is 0 Å². The van der Waals surface area contributed by atoms with E-state index in [1.807, 2.05) is 44.2 Å². The van der Waals surface area contributed by atoms with Gasteiger partial charge in [0.25, 0.3) is 0 Å². The molecule has 0 bridgehead atoms. The van der Waals surface area contributed by atoms with E-state index < -0.39 is 0 Å². The van der Waals surface area contributed by atoms with Gasteiger partial charge >= 0.3 is 0 Å². The molecule has 0 aliphatic heterocycles. The molecule has 0 atom stereocenters. The molecule has 8 heteroatoms. The molecule has 2 aromatic heterocycles. The summed E-state index contributed by atoms with van der Waals surface area (Å²) >= 11 is 1.30. The minimum atomic E-state index is -0.113. The number of rotatable bonds is 6. The summed E-state index contributed by atoms with van der Waals surface area (Å²) in [6.07, 6.45) is 3.31. The lowest BCUT2D eigenvalue weighted by molar-refractivity contribution is -0.113. The van der Waals surface area contributed by atoms with Crippen molar-refractivity contribution in [2.45, 2.75) is 25.0 Å². The molecular weight excluding hydrogens is 324 g/mol. The summed E-state index contributed by atoms with van der Waals surface area (Å²) in [7, 11) is 0. The molecule has 1 aromatic carbocycles. The van der Waals surface area contributed by atoms with Crippen LogP contribution >= 0.6 is 11.8 Å². The van der Waals surface area contributed by atoms with Gasteiger partial charge in [0, 0.05) is 12.1 Å². The molecule has 0 saturated heterocycles. The Morgan fingerprint density at radius 3 is 2.79 bits per heavy atom. The lowest BCUT2D eigenvalue weighted by Crippen LogP contribution is -2.18. The number of benzene rings is 1. The van der Waals surface area contributed by atoms with E-state index >= 15 is 0 Å². The number of nitrogens with one attached hydrogen (secondary N) is 1. The zero-order chi connectivity index (χ0) is 16.9. The molecule has 2 heterocycles. The van der Waals surface area contributed by atoms with Crippen LogP contribution in [0.15, 0.2) is 54.1 Å². The van der Waals surface area contributed by atoms with E-state index in [-0.39, 0.29) is 17.7 Å². The van der Waals surface area contributed by atoms with Crippen molar-refractivity contribution in [2.75, 3.05) is 11.1 Å². The zero-order valence-electron chi connectivity index (χ0n) is 13.5. The molecular formula is C16H18N6OS. The van der Waals surface area contributed by atoms with Gasteiger partial charge in [0.1, 0.15) is 12.1 Å². The Morgan fingerprint density at radius 2 is 2.04 bits per heavy atom. The fraction of sp³-hybridized carbons (Fsp3) is 0.250. The number of thioether (sulfide) groups is 1. The monoisotopic (exact) mass is 342 g/mol. The first-order chi connectivity index (χ1) is 11.6. The molecule has 0 saturated carbocycles. The van der Waals surface area contributed by atoms with Crippen molar-refractivity contribution in [3.8, 4) is 5.69 Å². The van der Waals surface area contributed by atoms with Gasteiger partial charge in [-0.15, -0.1) is 5.10 Å². The van der Waals surface area contributed by atoms with Gasteiger partial charge in [0.15, 0.2) is 0 Å². The van der Waals surface area contributed by atoms with Crippen LogP contribution in [0.4, 0.5) is 5.82 Å². The summed E-state index contributed by atoms with van der Waals surface area (Å²) in [5.74, 6) is 0.819. The number of para-hydroxylation sites is 1. The highest BCUT2D eigenvalue weighted by molar-refractivity contribution is 7.99. The highest BCUT2D eigenvalue weighted by Gasteiger charge is 2.11. The molecule has 1 amide bonds. The molecule has 0 unspecified atom stereocenters. The van der Waals surface area contributed by atoms with Crippen LogP contribution < -0.4 is 5.32 Å². The van der Waals surface area contributed by atoms with Crippen LogP contribution in [-0.4, -0.2) is 36.2 Å². The number of carbonyl (C=O) groups excluding carboxylic acids is 1. The lowest BCUT2D eigenvalue weighted by Gasteiger charge is -2.11. The standard InChI is InChI=1S/C16H18N6OS/c1-12(2)22-14(8-9-18-22)19-15(23)10-24-16-17-11-21(20-16)13-6-4-3-5-7-13/h3-9,11-12H,10H2,1-2H3,(H,19,23). The zero-order valence-corrected chi connectivity index (χ0v) is 14.3. The van der Waals surface area contributed by atoms with Gasteiger partial charge < -0.3 is 5.32 Å². The Hall–Kier alpha value is -2.61. The highest BCUT2D eigenvalue weighted by atomic mass is 32.2. The van der Waals surface area contributed by atoms with Gasteiger partial charge in [0.2, 0.25) is 11.1 Å².